The molecule has 1 aliphatic rings. The number of nitrogens with zero attached hydrogens (tertiary/aromatic N) is 2. The number of aromatic nitrogens is 2. The average Bonchev–Trinajstić information content (AvgIpc) is 2.86. The first-order valence-corrected chi connectivity index (χ1v) is 9.44. The van der Waals surface area contributed by atoms with Crippen LogP contribution in [0.15, 0.2) is 23.0 Å². The van der Waals surface area contributed by atoms with Gasteiger partial charge in [0.2, 0.25) is 0 Å². The number of nitrogens with one attached hydrogen (secondary N) is 1. The summed E-state index contributed by atoms with van der Waals surface area (Å²) in [6, 6.07) is 3.79. The molecule has 2 heterocycles. The Balaban J connectivity index is 1.93. The minimum Gasteiger partial charge on any atom is -0.480 e. The summed E-state index contributed by atoms with van der Waals surface area (Å²) in [5, 5.41) is 12.4. The van der Waals surface area contributed by atoms with Crippen LogP contribution >= 0.6 is 0 Å². The van der Waals surface area contributed by atoms with Crippen LogP contribution in [0, 0.1) is 5.92 Å². The van der Waals surface area contributed by atoms with Crippen LogP contribution in [0.1, 0.15) is 55.7 Å². The number of rotatable bonds is 5. The minimum absolute atomic E-state index is 0.0768. The predicted octanol–water partition coefficient (Wildman–Crippen LogP) is 2.35. The van der Waals surface area contributed by atoms with Crippen molar-refractivity contribution in [2.24, 2.45) is 5.92 Å². The van der Waals surface area contributed by atoms with Crippen molar-refractivity contribution in [1.82, 2.24) is 14.9 Å². The first kappa shape index (κ1) is 19.1. The van der Waals surface area contributed by atoms with Gasteiger partial charge in [-0.1, -0.05) is 20.3 Å². The fourth-order valence-corrected chi connectivity index (χ4v) is 3.49. The van der Waals surface area contributed by atoms with Crippen molar-refractivity contribution in [2.75, 3.05) is 0 Å². The maximum Gasteiger partial charge on any atom is 0.326 e. The number of fused-ring (bicyclic) bond motifs is 2. The maximum atomic E-state index is 12.7. The Hall–Kier alpha value is -2.70. The van der Waals surface area contributed by atoms with Crippen molar-refractivity contribution < 1.29 is 14.7 Å². The third-order valence-electron chi connectivity index (χ3n) is 4.89. The van der Waals surface area contributed by atoms with Crippen molar-refractivity contribution in [1.29, 1.82) is 0 Å². The second kappa shape index (κ2) is 7.90. The Morgan fingerprint density at radius 1 is 1.26 bits per heavy atom. The van der Waals surface area contributed by atoms with Gasteiger partial charge in [0.1, 0.15) is 11.9 Å². The number of carbonyl (C=O) groups excluding carboxylic acids is 1. The highest BCUT2D eigenvalue weighted by Crippen LogP contribution is 2.17. The second-order valence-corrected chi connectivity index (χ2v) is 7.52. The number of carboxylic acid groups (broad SMARTS) is 1. The molecule has 0 aliphatic carbocycles. The number of hydrogen-bond donors (Lipinski definition) is 2. The van der Waals surface area contributed by atoms with Gasteiger partial charge in [-0.15, -0.1) is 0 Å². The van der Waals surface area contributed by atoms with Gasteiger partial charge in [0, 0.05) is 18.5 Å². The lowest BCUT2D eigenvalue weighted by Gasteiger charge is -2.16. The molecule has 27 heavy (non-hydrogen) atoms. The van der Waals surface area contributed by atoms with E-state index in [1.54, 1.807) is 22.8 Å². The largest absolute Gasteiger partial charge is 0.480 e. The highest BCUT2D eigenvalue weighted by atomic mass is 16.4. The lowest BCUT2D eigenvalue weighted by Crippen LogP contribution is -2.41. The monoisotopic (exact) mass is 371 g/mol. The molecule has 7 nitrogen and oxygen atoms in total. The number of benzene rings is 1. The zero-order valence-electron chi connectivity index (χ0n) is 15.7. The first-order chi connectivity index (χ1) is 12.9. The van der Waals surface area contributed by atoms with E-state index in [9.17, 15) is 19.5 Å². The molecule has 1 aromatic carbocycles. The van der Waals surface area contributed by atoms with E-state index in [-0.39, 0.29) is 11.5 Å². The molecule has 2 aromatic rings. The fraction of sp³-hybridized carbons (Fsp3) is 0.500. The fourth-order valence-electron chi connectivity index (χ4n) is 3.49. The smallest absolute Gasteiger partial charge is 0.326 e. The molecule has 7 heteroatoms. The number of carbonyl (C=O) groups is 2. The summed E-state index contributed by atoms with van der Waals surface area (Å²) in [6.45, 7) is 4.48. The Labute approximate surface area is 157 Å². The van der Waals surface area contributed by atoms with Crippen molar-refractivity contribution in [3.05, 3.63) is 39.9 Å². The zero-order valence-corrected chi connectivity index (χ0v) is 15.7. The van der Waals surface area contributed by atoms with Gasteiger partial charge in [-0.2, -0.15) is 0 Å². The summed E-state index contributed by atoms with van der Waals surface area (Å²) < 4.78 is 1.73. The van der Waals surface area contributed by atoms with Crippen molar-refractivity contribution in [3.63, 3.8) is 0 Å². The molecule has 2 N–H and O–H groups in total. The van der Waals surface area contributed by atoms with E-state index >= 15 is 0 Å². The van der Waals surface area contributed by atoms with Gasteiger partial charge in [0.05, 0.1) is 10.9 Å². The maximum absolute atomic E-state index is 12.7. The third-order valence-corrected chi connectivity index (χ3v) is 4.89. The van der Waals surface area contributed by atoms with E-state index < -0.39 is 17.9 Å². The number of hydrogen-bond acceptors (Lipinski definition) is 4. The molecule has 3 rings (SSSR count). The van der Waals surface area contributed by atoms with Gasteiger partial charge in [0.15, 0.2) is 0 Å². The van der Waals surface area contributed by atoms with Crippen LogP contribution in [0.2, 0.25) is 0 Å². The van der Waals surface area contributed by atoms with Gasteiger partial charge in [-0.05, 0) is 43.4 Å². The number of amides is 1. The van der Waals surface area contributed by atoms with E-state index in [2.05, 4.69) is 10.3 Å². The molecule has 0 saturated heterocycles. The molecule has 0 bridgehead atoms. The highest BCUT2D eigenvalue weighted by molar-refractivity contribution is 5.99. The number of carboxylic acids is 1. The van der Waals surface area contributed by atoms with Gasteiger partial charge in [0.25, 0.3) is 11.5 Å². The molecule has 0 unspecified atom stereocenters. The highest BCUT2D eigenvalue weighted by Gasteiger charge is 2.22. The Morgan fingerprint density at radius 3 is 2.74 bits per heavy atom. The summed E-state index contributed by atoms with van der Waals surface area (Å²) in [6.07, 6.45) is 4.12. The van der Waals surface area contributed by atoms with Crippen LogP contribution in [-0.2, 0) is 17.8 Å². The average molecular weight is 371 g/mol. The molecule has 0 fully saturated rings. The van der Waals surface area contributed by atoms with Gasteiger partial charge in [-0.3, -0.25) is 14.2 Å². The standard InChI is InChI=1S/C20H25N3O4/c1-12(2)10-16(20(26)27)22-18(24)13-7-8-14-15(11-13)21-17-6-4-3-5-9-23(17)19(14)25/h7-8,11-12,16H,3-6,9-10H2,1-2H3,(H,22,24)(H,26,27)/t16-/m0/s1. The Morgan fingerprint density at radius 2 is 2.04 bits per heavy atom. The van der Waals surface area contributed by atoms with Gasteiger partial charge in [-0.25, -0.2) is 9.78 Å². The predicted molar refractivity (Wildman–Crippen MR) is 102 cm³/mol. The van der Waals surface area contributed by atoms with Crippen molar-refractivity contribution in [2.45, 2.75) is 58.5 Å². The Bertz CT molecular complexity index is 933. The summed E-state index contributed by atoms with van der Waals surface area (Å²) in [5.74, 6) is -0.632. The molecule has 144 valence electrons. The molecule has 1 aromatic heterocycles. The van der Waals surface area contributed by atoms with E-state index in [1.165, 1.54) is 0 Å². The van der Waals surface area contributed by atoms with E-state index in [1.807, 2.05) is 13.8 Å². The molecule has 1 aliphatic heterocycles. The summed E-state index contributed by atoms with van der Waals surface area (Å²) >= 11 is 0. The van der Waals surface area contributed by atoms with Crippen LogP contribution in [-0.4, -0.2) is 32.6 Å². The van der Waals surface area contributed by atoms with Crippen molar-refractivity contribution >= 4 is 22.8 Å². The van der Waals surface area contributed by atoms with E-state index in [0.29, 0.717) is 29.4 Å². The molecule has 1 amide bonds. The van der Waals surface area contributed by atoms with Crippen LogP contribution < -0.4 is 10.9 Å². The summed E-state index contributed by atoms with van der Waals surface area (Å²) in [5.41, 5.74) is 0.714. The van der Waals surface area contributed by atoms with E-state index in [4.69, 9.17) is 0 Å². The lowest BCUT2D eigenvalue weighted by atomic mass is 10.0. The molecule has 0 saturated carbocycles. The quantitative estimate of drug-likeness (QED) is 0.840. The molecule has 0 radical (unpaired) electrons. The second-order valence-electron chi connectivity index (χ2n) is 7.52. The first-order valence-electron chi connectivity index (χ1n) is 9.44. The molecular weight excluding hydrogens is 346 g/mol. The summed E-state index contributed by atoms with van der Waals surface area (Å²) in [4.78, 5) is 41.3. The zero-order chi connectivity index (χ0) is 19.6. The molecule has 0 spiro atoms. The van der Waals surface area contributed by atoms with E-state index in [0.717, 1.165) is 31.5 Å². The van der Waals surface area contributed by atoms with Gasteiger partial charge >= 0.3 is 5.97 Å². The summed E-state index contributed by atoms with van der Waals surface area (Å²) in [7, 11) is 0. The SMILES string of the molecule is CC(C)C[C@H](NC(=O)c1ccc2c(=O)n3c(nc2c1)CCCCC3)C(=O)O. The van der Waals surface area contributed by atoms with Gasteiger partial charge < -0.3 is 10.4 Å². The lowest BCUT2D eigenvalue weighted by molar-refractivity contribution is -0.139. The van der Waals surface area contributed by atoms with Crippen LogP contribution in [0.3, 0.4) is 0 Å². The normalized spacial score (nSPS) is 15.2. The van der Waals surface area contributed by atoms with Crippen LogP contribution in [0.4, 0.5) is 0 Å². The Kier molecular flexibility index (Phi) is 5.58. The minimum atomic E-state index is -1.06. The molecular formula is C20H25N3O4. The topological polar surface area (TPSA) is 101 Å². The van der Waals surface area contributed by atoms with Crippen molar-refractivity contribution in [3.8, 4) is 0 Å². The third kappa shape index (κ3) is 4.18. The number of aryl methyl sites for hydroxylation is 1. The van der Waals surface area contributed by atoms with Crippen LogP contribution in [0.25, 0.3) is 10.9 Å². The van der Waals surface area contributed by atoms with Crippen LogP contribution in [0.5, 0.6) is 0 Å². The molecule has 1 atom stereocenters. The number of aliphatic carboxylic acids is 1.